The number of benzene rings is 1. The molecule has 0 heterocycles. The molecule has 8 heteroatoms. The molecule has 5 nitrogen and oxygen atoms in total. The van der Waals surface area contributed by atoms with E-state index in [1.54, 1.807) is 25.2 Å². The van der Waals surface area contributed by atoms with Crippen molar-refractivity contribution in [2.75, 3.05) is 18.9 Å². The fourth-order valence-electron chi connectivity index (χ4n) is 1.34. The van der Waals surface area contributed by atoms with E-state index in [0.29, 0.717) is 10.7 Å². The SMILES string of the molecule is CC(C(=O)O)N(C)CC(=O)Nc1cccc(Cl)c1Cl.Cl. The number of nitrogens with one attached hydrogen (secondary N) is 1. The predicted octanol–water partition coefficient (Wildman–Crippen LogP) is 2.76. The van der Waals surface area contributed by atoms with Gasteiger partial charge in [-0.25, -0.2) is 0 Å². The van der Waals surface area contributed by atoms with E-state index in [1.165, 1.54) is 11.8 Å². The van der Waals surface area contributed by atoms with Crippen molar-refractivity contribution in [1.29, 1.82) is 0 Å². The topological polar surface area (TPSA) is 69.6 Å². The molecular formula is C12H15Cl3N2O3. The van der Waals surface area contributed by atoms with Gasteiger partial charge in [0.05, 0.1) is 22.3 Å². The van der Waals surface area contributed by atoms with E-state index in [-0.39, 0.29) is 29.9 Å². The molecule has 1 aromatic carbocycles. The number of nitrogens with zero attached hydrogens (tertiary/aromatic N) is 1. The Bertz CT molecular complexity index is 497. The van der Waals surface area contributed by atoms with Crippen LogP contribution in [0.4, 0.5) is 5.69 Å². The number of hydrogen-bond acceptors (Lipinski definition) is 3. The number of carbonyl (C=O) groups is 2. The highest BCUT2D eigenvalue weighted by molar-refractivity contribution is 6.43. The second-order valence-electron chi connectivity index (χ2n) is 4.08. The monoisotopic (exact) mass is 340 g/mol. The van der Waals surface area contributed by atoms with Gasteiger partial charge < -0.3 is 10.4 Å². The average molecular weight is 342 g/mol. The predicted molar refractivity (Wildman–Crippen MR) is 82.1 cm³/mol. The second kappa shape index (κ2) is 8.32. The van der Waals surface area contributed by atoms with Crippen molar-refractivity contribution >= 4 is 53.2 Å². The molecule has 0 spiro atoms. The van der Waals surface area contributed by atoms with E-state index in [0.717, 1.165) is 0 Å². The highest BCUT2D eigenvalue weighted by Gasteiger charge is 2.19. The van der Waals surface area contributed by atoms with Crippen molar-refractivity contribution in [3.05, 3.63) is 28.2 Å². The van der Waals surface area contributed by atoms with Gasteiger partial charge in [-0.3, -0.25) is 14.5 Å². The highest BCUT2D eigenvalue weighted by Crippen LogP contribution is 2.29. The van der Waals surface area contributed by atoms with Crippen LogP contribution in [0.25, 0.3) is 0 Å². The summed E-state index contributed by atoms with van der Waals surface area (Å²) in [4.78, 5) is 23.9. The summed E-state index contributed by atoms with van der Waals surface area (Å²) in [5.74, 6) is -1.35. The summed E-state index contributed by atoms with van der Waals surface area (Å²) >= 11 is 11.8. The fourth-order valence-corrected chi connectivity index (χ4v) is 1.69. The molecule has 0 saturated carbocycles. The summed E-state index contributed by atoms with van der Waals surface area (Å²) in [6, 6.07) is 4.14. The molecule has 112 valence electrons. The molecular weight excluding hydrogens is 327 g/mol. The van der Waals surface area contributed by atoms with Crippen molar-refractivity contribution in [1.82, 2.24) is 4.90 Å². The Morgan fingerprint density at radius 3 is 2.55 bits per heavy atom. The van der Waals surface area contributed by atoms with Gasteiger partial charge >= 0.3 is 5.97 Å². The van der Waals surface area contributed by atoms with E-state index in [9.17, 15) is 9.59 Å². The summed E-state index contributed by atoms with van der Waals surface area (Å²) in [6.45, 7) is 1.44. The van der Waals surface area contributed by atoms with Gasteiger partial charge in [0.15, 0.2) is 0 Å². The van der Waals surface area contributed by atoms with Crippen LogP contribution in [-0.2, 0) is 9.59 Å². The van der Waals surface area contributed by atoms with E-state index in [2.05, 4.69) is 5.32 Å². The van der Waals surface area contributed by atoms with Crippen molar-refractivity contribution in [3.63, 3.8) is 0 Å². The number of carboxylic acids is 1. The maximum Gasteiger partial charge on any atom is 0.320 e. The van der Waals surface area contributed by atoms with Gasteiger partial charge in [-0.1, -0.05) is 29.3 Å². The number of aliphatic carboxylic acids is 1. The Kier molecular flexibility index (Phi) is 7.90. The minimum absolute atomic E-state index is 0. The smallest absolute Gasteiger partial charge is 0.320 e. The Balaban J connectivity index is 0.00000361. The first-order chi connectivity index (χ1) is 8.82. The molecule has 0 bridgehead atoms. The molecule has 0 aliphatic rings. The van der Waals surface area contributed by atoms with Gasteiger partial charge in [0.2, 0.25) is 5.91 Å². The lowest BCUT2D eigenvalue weighted by Gasteiger charge is -2.20. The molecule has 0 radical (unpaired) electrons. The maximum absolute atomic E-state index is 11.8. The lowest BCUT2D eigenvalue weighted by molar-refractivity contribution is -0.142. The number of carboxylic acid groups (broad SMARTS) is 1. The third-order valence-corrected chi connectivity index (χ3v) is 3.46. The molecule has 2 N–H and O–H groups in total. The first-order valence-electron chi connectivity index (χ1n) is 5.50. The quantitative estimate of drug-likeness (QED) is 0.864. The number of rotatable bonds is 5. The van der Waals surface area contributed by atoms with Crippen molar-refractivity contribution in [2.45, 2.75) is 13.0 Å². The highest BCUT2D eigenvalue weighted by atomic mass is 35.5. The zero-order chi connectivity index (χ0) is 14.6. The van der Waals surface area contributed by atoms with Gasteiger partial charge in [-0.2, -0.15) is 0 Å². The molecule has 0 aliphatic heterocycles. The molecule has 1 atom stereocenters. The number of amides is 1. The normalized spacial score (nSPS) is 11.7. The summed E-state index contributed by atoms with van der Waals surface area (Å²) in [6.07, 6.45) is 0. The average Bonchev–Trinajstić information content (AvgIpc) is 2.33. The number of carbonyl (C=O) groups excluding carboxylic acids is 1. The Hall–Kier alpha value is -1.01. The lowest BCUT2D eigenvalue weighted by atomic mass is 10.3. The third-order valence-electron chi connectivity index (χ3n) is 2.64. The first kappa shape index (κ1) is 19.0. The van der Waals surface area contributed by atoms with E-state index < -0.39 is 12.0 Å². The number of halogens is 3. The molecule has 0 saturated heterocycles. The van der Waals surface area contributed by atoms with Crippen LogP contribution in [0.15, 0.2) is 18.2 Å². The fraction of sp³-hybridized carbons (Fsp3) is 0.333. The molecule has 0 aromatic heterocycles. The standard InChI is InChI=1S/C12H14Cl2N2O3.ClH/c1-7(12(18)19)16(2)6-10(17)15-9-5-3-4-8(13)11(9)14;/h3-5,7H,6H2,1-2H3,(H,15,17)(H,18,19);1H. The Labute approximate surface area is 133 Å². The van der Waals surface area contributed by atoms with Crippen LogP contribution >= 0.6 is 35.6 Å². The van der Waals surface area contributed by atoms with Crippen LogP contribution in [0.3, 0.4) is 0 Å². The van der Waals surface area contributed by atoms with Crippen molar-refractivity contribution in [3.8, 4) is 0 Å². The summed E-state index contributed by atoms with van der Waals surface area (Å²) < 4.78 is 0. The zero-order valence-electron chi connectivity index (χ0n) is 10.9. The van der Waals surface area contributed by atoms with Gasteiger partial charge in [0.1, 0.15) is 6.04 Å². The maximum atomic E-state index is 11.8. The van der Waals surface area contributed by atoms with Crippen molar-refractivity contribution < 1.29 is 14.7 Å². The summed E-state index contributed by atoms with van der Waals surface area (Å²) in [7, 11) is 1.55. The van der Waals surface area contributed by atoms with E-state index in [4.69, 9.17) is 28.3 Å². The molecule has 0 fully saturated rings. The Morgan fingerprint density at radius 2 is 2.00 bits per heavy atom. The van der Waals surface area contributed by atoms with Crippen LogP contribution in [0.1, 0.15) is 6.92 Å². The van der Waals surface area contributed by atoms with Gasteiger partial charge in [0, 0.05) is 0 Å². The van der Waals surface area contributed by atoms with E-state index in [1.807, 2.05) is 0 Å². The number of likely N-dealkylation sites (N-methyl/N-ethyl adjacent to an activating group) is 1. The van der Waals surface area contributed by atoms with Crippen LogP contribution in [0.5, 0.6) is 0 Å². The zero-order valence-corrected chi connectivity index (χ0v) is 13.2. The lowest BCUT2D eigenvalue weighted by Crippen LogP contribution is -2.40. The van der Waals surface area contributed by atoms with Crippen LogP contribution in [0, 0.1) is 0 Å². The molecule has 1 aromatic rings. The third kappa shape index (κ3) is 5.17. The van der Waals surface area contributed by atoms with Crippen LogP contribution < -0.4 is 5.32 Å². The second-order valence-corrected chi connectivity index (χ2v) is 4.86. The minimum Gasteiger partial charge on any atom is -0.480 e. The summed E-state index contributed by atoms with van der Waals surface area (Å²) in [5.41, 5.74) is 0.399. The molecule has 1 amide bonds. The van der Waals surface area contributed by atoms with Gasteiger partial charge in [-0.05, 0) is 26.1 Å². The van der Waals surface area contributed by atoms with Gasteiger partial charge in [-0.15, -0.1) is 12.4 Å². The van der Waals surface area contributed by atoms with Gasteiger partial charge in [0.25, 0.3) is 0 Å². The number of anilines is 1. The molecule has 0 aliphatic carbocycles. The molecule has 1 rings (SSSR count). The minimum atomic E-state index is -0.990. The van der Waals surface area contributed by atoms with E-state index >= 15 is 0 Å². The summed E-state index contributed by atoms with van der Waals surface area (Å²) in [5, 5.41) is 12.0. The molecule has 1 unspecified atom stereocenters. The largest absolute Gasteiger partial charge is 0.480 e. The van der Waals surface area contributed by atoms with Crippen LogP contribution in [0.2, 0.25) is 10.0 Å². The van der Waals surface area contributed by atoms with Crippen molar-refractivity contribution in [2.24, 2.45) is 0 Å². The molecule has 20 heavy (non-hydrogen) atoms. The first-order valence-corrected chi connectivity index (χ1v) is 6.25. The Morgan fingerprint density at radius 1 is 1.40 bits per heavy atom. The van der Waals surface area contributed by atoms with Crippen LogP contribution in [-0.4, -0.2) is 41.5 Å². The number of hydrogen-bond donors (Lipinski definition) is 2.